The Morgan fingerprint density at radius 3 is 1.98 bits per heavy atom. The Bertz CT molecular complexity index is 1640. The van der Waals surface area contributed by atoms with Crippen molar-refractivity contribution in [1.29, 1.82) is 0 Å². The van der Waals surface area contributed by atoms with E-state index in [4.69, 9.17) is 20.9 Å². The van der Waals surface area contributed by atoms with E-state index in [1.165, 1.54) is 17.0 Å². The first-order valence-electron chi connectivity index (χ1n) is 12.1. The summed E-state index contributed by atoms with van der Waals surface area (Å²) in [6, 6.07) is 1.23. The standard InChI is InChI=1S/C19H26N8O14P2/c20-9-1-2-26(19(32)25-9)17-13(30)11(28)7(39-17)3-37-42(33,34)41-43(35,36)38-4-8-12(29)14(31)18(40-8)27-6-24-10-15(21)22-5-23-16(10)27/h1-2,5-8,11-14,17-18,28-31H,3-4H2,(H,33,34)(H,35,36)(H2,20,25,32)(H2,21,22,23). The topological polar surface area (TPSA) is 332 Å². The number of hydrogen-bond acceptors (Lipinski definition) is 18. The molecule has 3 aromatic rings. The number of nitrogens with zero attached hydrogens (tertiary/aromatic N) is 6. The van der Waals surface area contributed by atoms with Gasteiger partial charge in [-0.1, -0.05) is 0 Å². The Morgan fingerprint density at radius 1 is 0.860 bits per heavy atom. The number of phosphoric ester groups is 2. The molecule has 24 heteroatoms. The van der Waals surface area contributed by atoms with Crippen molar-refractivity contribution in [2.45, 2.75) is 49.1 Å². The summed E-state index contributed by atoms with van der Waals surface area (Å²) in [5.74, 6) is -0.0639. The molecule has 10 unspecified atom stereocenters. The quantitative estimate of drug-likeness (QED) is 0.0996. The zero-order valence-electron chi connectivity index (χ0n) is 21.5. The first-order valence-corrected chi connectivity index (χ1v) is 15.1. The molecule has 2 fully saturated rings. The van der Waals surface area contributed by atoms with Gasteiger partial charge in [-0.05, 0) is 6.07 Å². The highest BCUT2D eigenvalue weighted by Crippen LogP contribution is 2.60. The molecule has 10 N–H and O–H groups in total. The molecule has 22 nitrogen and oxygen atoms in total. The Kier molecular flexibility index (Phi) is 8.68. The third kappa shape index (κ3) is 6.47. The molecule has 0 aliphatic carbocycles. The van der Waals surface area contributed by atoms with Crippen molar-refractivity contribution >= 4 is 38.4 Å². The summed E-state index contributed by atoms with van der Waals surface area (Å²) >= 11 is 0. The minimum atomic E-state index is -5.39. The van der Waals surface area contributed by atoms with Crippen molar-refractivity contribution in [2.75, 3.05) is 24.7 Å². The number of aliphatic hydroxyl groups is 4. The van der Waals surface area contributed by atoms with Crippen LogP contribution in [0.5, 0.6) is 0 Å². The summed E-state index contributed by atoms with van der Waals surface area (Å²) in [5.41, 5.74) is 10.6. The van der Waals surface area contributed by atoms with Crippen LogP contribution in [0.4, 0.5) is 11.6 Å². The van der Waals surface area contributed by atoms with Crippen molar-refractivity contribution in [1.82, 2.24) is 29.1 Å². The molecule has 5 rings (SSSR count). The van der Waals surface area contributed by atoms with Crippen molar-refractivity contribution in [2.24, 2.45) is 0 Å². The number of hydrogen-bond donors (Lipinski definition) is 8. The van der Waals surface area contributed by atoms with Gasteiger partial charge in [-0.3, -0.25) is 18.2 Å². The third-order valence-electron chi connectivity index (χ3n) is 6.47. The normalized spacial score (nSPS) is 32.1. The van der Waals surface area contributed by atoms with Gasteiger partial charge in [0.25, 0.3) is 0 Å². The van der Waals surface area contributed by atoms with Crippen molar-refractivity contribution in [3.05, 3.63) is 35.4 Å². The number of ether oxygens (including phenoxy) is 2. The van der Waals surface area contributed by atoms with E-state index in [1.54, 1.807) is 0 Å². The molecule has 0 radical (unpaired) electrons. The van der Waals surface area contributed by atoms with Crippen LogP contribution in [0.2, 0.25) is 0 Å². The van der Waals surface area contributed by atoms with Crippen LogP contribution in [-0.2, 0) is 32.0 Å². The number of fused-ring (bicyclic) bond motifs is 1. The predicted molar refractivity (Wildman–Crippen MR) is 137 cm³/mol. The molecule has 0 amide bonds. The largest absolute Gasteiger partial charge is 0.481 e. The van der Waals surface area contributed by atoms with Crippen LogP contribution in [0.3, 0.4) is 0 Å². The van der Waals surface area contributed by atoms with Crippen molar-refractivity contribution in [3.63, 3.8) is 0 Å². The molecular weight excluding hydrogens is 626 g/mol. The van der Waals surface area contributed by atoms with Crippen LogP contribution < -0.4 is 17.2 Å². The summed E-state index contributed by atoms with van der Waals surface area (Å²) in [5, 5.41) is 41.4. The van der Waals surface area contributed by atoms with E-state index in [9.17, 15) is 44.1 Å². The number of anilines is 2. The third-order valence-corrected chi connectivity index (χ3v) is 9.07. The molecule has 0 spiro atoms. The number of imidazole rings is 1. The highest BCUT2D eigenvalue weighted by molar-refractivity contribution is 7.61. The first-order chi connectivity index (χ1) is 20.2. The number of phosphoric acid groups is 2. The monoisotopic (exact) mass is 652 g/mol. The maximum Gasteiger partial charge on any atom is 0.481 e. The van der Waals surface area contributed by atoms with E-state index in [0.717, 1.165) is 17.1 Å². The summed E-state index contributed by atoms with van der Waals surface area (Å²) in [6.07, 6.45) is -8.90. The molecule has 5 heterocycles. The molecule has 43 heavy (non-hydrogen) atoms. The lowest BCUT2D eigenvalue weighted by Crippen LogP contribution is -2.36. The second-order valence-corrected chi connectivity index (χ2v) is 12.4. The summed E-state index contributed by atoms with van der Waals surface area (Å²) in [7, 11) is -10.8. The lowest BCUT2D eigenvalue weighted by Gasteiger charge is -2.20. The number of nitrogen functional groups attached to an aromatic ring is 2. The molecule has 0 bridgehead atoms. The van der Waals surface area contributed by atoms with E-state index in [-0.39, 0.29) is 22.8 Å². The fourth-order valence-electron chi connectivity index (χ4n) is 4.38. The van der Waals surface area contributed by atoms with Gasteiger partial charge in [0.1, 0.15) is 54.3 Å². The van der Waals surface area contributed by atoms with E-state index < -0.39 is 83.6 Å². The predicted octanol–water partition coefficient (Wildman–Crippen LogP) is -3.26. The van der Waals surface area contributed by atoms with Gasteiger partial charge in [0.2, 0.25) is 0 Å². The van der Waals surface area contributed by atoms with Crippen LogP contribution in [-0.4, -0.2) is 109 Å². The molecule has 2 aliphatic rings. The number of aromatic nitrogens is 6. The summed E-state index contributed by atoms with van der Waals surface area (Å²) < 4.78 is 51.2. The smallest absolute Gasteiger partial charge is 0.387 e. The molecule has 236 valence electrons. The fraction of sp³-hybridized carbons (Fsp3) is 0.526. The van der Waals surface area contributed by atoms with E-state index in [0.29, 0.717) is 0 Å². The molecular formula is C19H26N8O14P2. The Balaban J connectivity index is 1.16. The van der Waals surface area contributed by atoms with Crippen LogP contribution in [0, 0.1) is 0 Å². The minimum Gasteiger partial charge on any atom is -0.387 e. The van der Waals surface area contributed by atoms with Gasteiger partial charge in [0, 0.05) is 6.20 Å². The number of rotatable bonds is 10. The maximum atomic E-state index is 12.4. The van der Waals surface area contributed by atoms with Crippen LogP contribution in [0.25, 0.3) is 11.2 Å². The lowest BCUT2D eigenvalue weighted by molar-refractivity contribution is -0.0555. The number of aliphatic hydroxyl groups excluding tert-OH is 4. The average molecular weight is 652 g/mol. The van der Waals surface area contributed by atoms with Crippen LogP contribution in [0.1, 0.15) is 12.5 Å². The highest BCUT2D eigenvalue weighted by Gasteiger charge is 2.48. The van der Waals surface area contributed by atoms with Gasteiger partial charge in [-0.25, -0.2) is 28.9 Å². The summed E-state index contributed by atoms with van der Waals surface area (Å²) in [4.78, 5) is 47.3. The molecule has 2 aliphatic heterocycles. The first kappa shape index (κ1) is 31.5. The van der Waals surface area contributed by atoms with Gasteiger partial charge < -0.3 is 51.2 Å². The maximum absolute atomic E-state index is 12.4. The van der Waals surface area contributed by atoms with E-state index in [1.807, 2.05) is 0 Å². The van der Waals surface area contributed by atoms with Gasteiger partial charge in [-0.15, -0.1) is 0 Å². The van der Waals surface area contributed by atoms with E-state index in [2.05, 4.69) is 33.3 Å². The minimum absolute atomic E-state index is 0.0466. The molecule has 0 saturated carbocycles. The van der Waals surface area contributed by atoms with Gasteiger partial charge >= 0.3 is 21.3 Å². The van der Waals surface area contributed by atoms with Crippen LogP contribution in [0.15, 0.2) is 29.7 Å². The zero-order valence-corrected chi connectivity index (χ0v) is 23.3. The lowest BCUT2D eigenvalue weighted by atomic mass is 10.1. The Morgan fingerprint density at radius 2 is 1.42 bits per heavy atom. The van der Waals surface area contributed by atoms with E-state index >= 15 is 0 Å². The summed E-state index contributed by atoms with van der Waals surface area (Å²) in [6.45, 7) is -1.86. The second-order valence-electron chi connectivity index (χ2n) is 9.33. The number of nitrogens with two attached hydrogens (primary N) is 2. The van der Waals surface area contributed by atoms with Crippen molar-refractivity contribution in [3.8, 4) is 0 Å². The average Bonchev–Trinajstić information content (AvgIpc) is 3.57. The van der Waals surface area contributed by atoms with Gasteiger partial charge in [0.05, 0.1) is 19.5 Å². The molecule has 10 atom stereocenters. The Labute approximate surface area is 239 Å². The fourth-order valence-corrected chi connectivity index (χ4v) is 6.47. The zero-order chi connectivity index (χ0) is 31.3. The highest BCUT2D eigenvalue weighted by atomic mass is 31.3. The molecule has 3 aromatic heterocycles. The molecule has 0 aromatic carbocycles. The SMILES string of the molecule is Nc1ccn(C2OC(COP(=O)(O)OP(=O)(O)OCC3OC(n4cnc5c(N)ncnc54)C(O)C3O)C(O)C2O)c(=O)n1. The Hall–Kier alpha value is -2.95. The molecule has 2 saturated heterocycles. The van der Waals surface area contributed by atoms with Crippen molar-refractivity contribution < 1.29 is 62.2 Å². The second kappa shape index (κ2) is 11.9. The van der Waals surface area contributed by atoms with Gasteiger partial charge in [-0.2, -0.15) is 9.29 Å². The van der Waals surface area contributed by atoms with Gasteiger partial charge in [0.15, 0.2) is 23.9 Å². The van der Waals surface area contributed by atoms with Crippen LogP contribution >= 0.6 is 15.6 Å².